The highest BCUT2D eigenvalue weighted by atomic mass is 35.5. The summed E-state index contributed by atoms with van der Waals surface area (Å²) in [6, 6.07) is 9.86. The predicted octanol–water partition coefficient (Wildman–Crippen LogP) is 3.49. The van der Waals surface area contributed by atoms with E-state index in [2.05, 4.69) is 23.7 Å². The van der Waals surface area contributed by atoms with E-state index >= 15 is 0 Å². The number of amides is 1. The van der Waals surface area contributed by atoms with E-state index in [1.54, 1.807) is 6.20 Å². The molecule has 1 aromatic carbocycles. The van der Waals surface area contributed by atoms with Crippen molar-refractivity contribution >= 4 is 35.2 Å². The number of anilines is 2. The molecular weight excluding hydrogens is 400 g/mol. The number of nitrogens with zero attached hydrogens (tertiary/aromatic N) is 4. The van der Waals surface area contributed by atoms with Crippen molar-refractivity contribution in [2.24, 2.45) is 0 Å². The normalized spacial score (nSPS) is 22.7. The lowest BCUT2D eigenvalue weighted by atomic mass is 9.93. The summed E-state index contributed by atoms with van der Waals surface area (Å²) in [5.41, 5.74) is 3.12. The third-order valence-electron chi connectivity index (χ3n) is 6.27. The molecule has 7 heteroatoms. The highest BCUT2D eigenvalue weighted by molar-refractivity contribution is 6.34. The minimum absolute atomic E-state index is 0.191. The maximum atomic E-state index is 12.2. The van der Waals surface area contributed by atoms with Gasteiger partial charge in [-0.1, -0.05) is 42.8 Å². The van der Waals surface area contributed by atoms with Gasteiger partial charge in [-0.15, -0.1) is 0 Å². The molecule has 1 atom stereocenters. The Balaban J connectivity index is 1.66. The van der Waals surface area contributed by atoms with Crippen molar-refractivity contribution in [1.29, 1.82) is 0 Å². The van der Waals surface area contributed by atoms with Gasteiger partial charge in [-0.2, -0.15) is 0 Å². The van der Waals surface area contributed by atoms with E-state index in [0.29, 0.717) is 19.5 Å². The molecule has 1 saturated heterocycles. The molecule has 1 unspecified atom stereocenters. The minimum Gasteiger partial charge on any atom is -0.367 e. The van der Waals surface area contributed by atoms with Gasteiger partial charge < -0.3 is 14.7 Å². The third kappa shape index (κ3) is 3.14. The van der Waals surface area contributed by atoms with Crippen molar-refractivity contribution in [3.63, 3.8) is 0 Å². The van der Waals surface area contributed by atoms with Gasteiger partial charge in [0.25, 0.3) is 0 Å². The topological polar surface area (TPSA) is 56.8 Å². The molecular formula is C23H27ClN4O2. The molecule has 0 saturated carbocycles. The number of alkyl halides is 1. The van der Waals surface area contributed by atoms with Crippen LogP contribution in [0.5, 0.6) is 0 Å². The Hall–Kier alpha value is -2.60. The first-order valence-electron chi connectivity index (χ1n) is 10.4. The Morgan fingerprint density at radius 1 is 1.10 bits per heavy atom. The lowest BCUT2D eigenvalue weighted by Crippen LogP contribution is -2.49. The molecule has 3 heterocycles. The first kappa shape index (κ1) is 20.7. The van der Waals surface area contributed by atoms with Crippen molar-refractivity contribution in [3.8, 4) is 0 Å². The van der Waals surface area contributed by atoms with E-state index in [9.17, 15) is 9.59 Å². The van der Waals surface area contributed by atoms with Gasteiger partial charge >= 0.3 is 0 Å². The van der Waals surface area contributed by atoms with E-state index in [1.165, 1.54) is 0 Å². The molecule has 30 heavy (non-hydrogen) atoms. The SMILES string of the molecule is CCC(=O)N1CCN(c2cncc(N3C(C)(C)c4ccccc4C3(Cl)C=O)c2)CC1. The van der Waals surface area contributed by atoms with Gasteiger partial charge in [0.15, 0.2) is 11.3 Å². The molecule has 2 aromatic rings. The molecule has 2 aliphatic rings. The molecule has 6 nitrogen and oxygen atoms in total. The second-order valence-corrected chi connectivity index (χ2v) is 8.93. The molecule has 4 rings (SSSR count). The van der Waals surface area contributed by atoms with E-state index in [-0.39, 0.29) is 5.91 Å². The number of halogens is 1. The Labute approximate surface area is 182 Å². The van der Waals surface area contributed by atoms with Gasteiger partial charge in [-0.05, 0) is 25.5 Å². The fourth-order valence-electron chi connectivity index (χ4n) is 4.75. The third-order valence-corrected chi connectivity index (χ3v) is 6.73. The zero-order valence-electron chi connectivity index (χ0n) is 17.6. The van der Waals surface area contributed by atoms with Crippen LogP contribution in [0.4, 0.5) is 11.4 Å². The Morgan fingerprint density at radius 2 is 1.73 bits per heavy atom. The average molecular weight is 427 g/mol. The summed E-state index contributed by atoms with van der Waals surface area (Å²) in [4.78, 5) is 33.5. The van der Waals surface area contributed by atoms with Crippen LogP contribution in [0, 0.1) is 0 Å². The molecule has 2 aliphatic heterocycles. The molecule has 0 radical (unpaired) electrons. The smallest absolute Gasteiger partial charge is 0.222 e. The standard InChI is InChI=1S/C23H27ClN4O2/c1-4-21(30)27-11-9-26(10-12-27)17-13-18(15-25-14-17)28-22(2,3)19-7-5-6-8-20(19)23(28,24)16-29/h5-8,13-16H,4,9-12H2,1-3H3. The van der Waals surface area contributed by atoms with Crippen LogP contribution in [0.2, 0.25) is 0 Å². The predicted molar refractivity (Wildman–Crippen MR) is 119 cm³/mol. The van der Waals surface area contributed by atoms with E-state index in [0.717, 1.165) is 41.9 Å². The van der Waals surface area contributed by atoms with Crippen LogP contribution in [0.1, 0.15) is 38.3 Å². The first-order valence-corrected chi connectivity index (χ1v) is 10.7. The van der Waals surface area contributed by atoms with Crippen LogP contribution < -0.4 is 9.80 Å². The maximum Gasteiger partial charge on any atom is 0.222 e. The highest BCUT2D eigenvalue weighted by Crippen LogP contribution is 2.53. The molecule has 0 spiro atoms. The zero-order chi connectivity index (χ0) is 21.5. The molecule has 0 N–H and O–H groups in total. The summed E-state index contributed by atoms with van der Waals surface area (Å²) < 4.78 is 0. The van der Waals surface area contributed by atoms with Gasteiger partial charge in [-0.25, -0.2) is 0 Å². The Bertz CT molecular complexity index is 971. The van der Waals surface area contributed by atoms with Gasteiger partial charge in [0.05, 0.1) is 29.3 Å². The second kappa shape index (κ2) is 7.58. The van der Waals surface area contributed by atoms with Gasteiger partial charge in [-0.3, -0.25) is 14.6 Å². The molecule has 0 aliphatic carbocycles. The number of fused-ring (bicyclic) bond motifs is 1. The number of piperazine rings is 1. The fourth-order valence-corrected chi connectivity index (χ4v) is 5.22. The quantitative estimate of drug-likeness (QED) is 0.425. The number of hydrogen-bond acceptors (Lipinski definition) is 5. The highest BCUT2D eigenvalue weighted by Gasteiger charge is 2.53. The number of carbonyl (C=O) groups excluding carboxylic acids is 2. The number of benzene rings is 1. The monoisotopic (exact) mass is 426 g/mol. The van der Waals surface area contributed by atoms with Gasteiger partial charge in [0.1, 0.15) is 0 Å². The average Bonchev–Trinajstić information content (AvgIpc) is 2.96. The van der Waals surface area contributed by atoms with Gasteiger partial charge in [0, 0.05) is 38.2 Å². The number of rotatable bonds is 4. The van der Waals surface area contributed by atoms with Crippen molar-refractivity contribution in [1.82, 2.24) is 9.88 Å². The van der Waals surface area contributed by atoms with Crippen LogP contribution in [-0.4, -0.2) is 48.3 Å². The summed E-state index contributed by atoms with van der Waals surface area (Å²) in [5, 5.41) is 0. The maximum absolute atomic E-state index is 12.2. The van der Waals surface area contributed by atoms with Crippen LogP contribution in [0.25, 0.3) is 0 Å². The van der Waals surface area contributed by atoms with Crippen LogP contribution in [0.15, 0.2) is 42.7 Å². The number of hydrogen-bond donors (Lipinski definition) is 0. The number of carbonyl (C=O) groups is 2. The van der Waals surface area contributed by atoms with Crippen LogP contribution in [0.3, 0.4) is 0 Å². The van der Waals surface area contributed by atoms with E-state index in [1.807, 2.05) is 53.3 Å². The molecule has 158 valence electrons. The second-order valence-electron chi connectivity index (χ2n) is 8.35. The van der Waals surface area contributed by atoms with Crippen LogP contribution >= 0.6 is 11.6 Å². The Morgan fingerprint density at radius 3 is 2.37 bits per heavy atom. The Kier molecular flexibility index (Phi) is 5.22. The zero-order valence-corrected chi connectivity index (χ0v) is 18.4. The lowest BCUT2D eigenvalue weighted by Gasteiger charge is -2.41. The van der Waals surface area contributed by atoms with Gasteiger partial charge in [0.2, 0.25) is 5.91 Å². The fraction of sp³-hybridized carbons (Fsp3) is 0.435. The van der Waals surface area contributed by atoms with E-state index < -0.39 is 10.5 Å². The van der Waals surface area contributed by atoms with E-state index in [4.69, 9.17) is 11.6 Å². The van der Waals surface area contributed by atoms with Crippen molar-refractivity contribution < 1.29 is 9.59 Å². The molecule has 1 amide bonds. The minimum atomic E-state index is -1.29. The number of aldehydes is 1. The molecule has 1 aromatic heterocycles. The van der Waals surface area contributed by atoms with Crippen LogP contribution in [-0.2, 0) is 20.1 Å². The summed E-state index contributed by atoms with van der Waals surface area (Å²) in [6.45, 7) is 8.93. The summed E-state index contributed by atoms with van der Waals surface area (Å²) >= 11 is 6.95. The van der Waals surface area contributed by atoms with Crippen molar-refractivity contribution in [2.45, 2.75) is 37.7 Å². The summed E-state index contributed by atoms with van der Waals surface area (Å²) in [6.07, 6.45) is 4.93. The molecule has 0 bridgehead atoms. The largest absolute Gasteiger partial charge is 0.367 e. The number of pyridine rings is 1. The summed E-state index contributed by atoms with van der Waals surface area (Å²) in [5.74, 6) is 0.191. The summed E-state index contributed by atoms with van der Waals surface area (Å²) in [7, 11) is 0. The number of aromatic nitrogens is 1. The lowest BCUT2D eigenvalue weighted by molar-refractivity contribution is -0.131. The first-order chi connectivity index (χ1) is 14.3. The molecule has 1 fully saturated rings. The van der Waals surface area contributed by atoms with Crippen molar-refractivity contribution in [3.05, 3.63) is 53.9 Å². The van der Waals surface area contributed by atoms with Crippen molar-refractivity contribution in [2.75, 3.05) is 36.0 Å².